The van der Waals surface area contributed by atoms with E-state index in [2.05, 4.69) is 20.8 Å². The second-order valence-corrected chi connectivity index (χ2v) is 4.46. The highest BCUT2D eigenvalue weighted by Gasteiger charge is 2.44. The summed E-state index contributed by atoms with van der Waals surface area (Å²) < 4.78 is 0. The number of carbonyl (C=O) groups is 1. The van der Waals surface area contributed by atoms with E-state index in [0.717, 1.165) is 6.42 Å². The van der Waals surface area contributed by atoms with Gasteiger partial charge >= 0.3 is 0 Å². The molecule has 1 fully saturated rings. The molecule has 0 aromatic heterocycles. The second-order valence-electron chi connectivity index (χ2n) is 3.71. The van der Waals surface area contributed by atoms with Gasteiger partial charge in [0.05, 0.1) is 0 Å². The van der Waals surface area contributed by atoms with E-state index in [9.17, 15) is 4.79 Å². The minimum Gasteiger partial charge on any atom is -0.326 e. The maximum atomic E-state index is 11.3. The van der Waals surface area contributed by atoms with Crippen molar-refractivity contribution < 1.29 is 4.79 Å². The van der Waals surface area contributed by atoms with Crippen molar-refractivity contribution >= 4 is 17.0 Å². The molecule has 1 aliphatic rings. The number of nitrogens with zero attached hydrogens (tertiary/aromatic N) is 1. The Bertz CT molecular complexity index is 179. The Kier molecular flexibility index (Phi) is 2.19. The summed E-state index contributed by atoms with van der Waals surface area (Å²) in [6.07, 6.45) is 2.96. The van der Waals surface area contributed by atoms with Crippen LogP contribution in [0.5, 0.6) is 0 Å². The fraction of sp³-hybridized carbons (Fsp3) is 0.875. The highest BCUT2D eigenvalue weighted by Crippen LogP contribution is 2.37. The Morgan fingerprint density at radius 1 is 1.64 bits per heavy atom. The number of amides is 1. The first-order valence-corrected chi connectivity index (χ1v) is 5.09. The van der Waals surface area contributed by atoms with E-state index in [4.69, 9.17) is 0 Å². The third-order valence-corrected chi connectivity index (χ3v) is 2.81. The molecule has 0 radical (unpaired) electrons. The molecule has 0 aromatic rings. The number of hydrogen-bond donors (Lipinski definition) is 0. The molecule has 0 aromatic carbocycles. The number of carbonyl (C=O) groups excluding carboxylic acids is 1. The van der Waals surface area contributed by atoms with Crippen LogP contribution in [0.3, 0.4) is 0 Å². The minimum absolute atomic E-state index is 0.0967. The average molecular weight is 173 g/mol. The van der Waals surface area contributed by atoms with E-state index in [-0.39, 0.29) is 10.8 Å². The number of rotatable bonds is 0. The molecule has 0 aliphatic carbocycles. The highest BCUT2D eigenvalue weighted by atomic mass is 32.2. The predicted molar refractivity (Wildman–Crippen MR) is 48.9 cm³/mol. The van der Waals surface area contributed by atoms with Crippen LogP contribution < -0.4 is 0 Å². The number of likely N-dealkylation sites (tertiary alicyclic amines) is 1. The first-order chi connectivity index (χ1) is 4.99. The Balaban J connectivity index is 2.63. The maximum Gasteiger partial charge on any atom is 0.282 e. The van der Waals surface area contributed by atoms with Gasteiger partial charge in [0.15, 0.2) is 0 Å². The second kappa shape index (κ2) is 2.70. The van der Waals surface area contributed by atoms with E-state index in [1.165, 1.54) is 11.8 Å². The molecule has 1 unspecified atom stereocenters. The first kappa shape index (κ1) is 8.91. The zero-order valence-electron chi connectivity index (χ0n) is 7.55. The predicted octanol–water partition coefficient (Wildman–Crippen LogP) is 2.34. The fourth-order valence-electron chi connectivity index (χ4n) is 1.92. The summed E-state index contributed by atoms with van der Waals surface area (Å²) in [5.74, 6) is 0. The van der Waals surface area contributed by atoms with Crippen LogP contribution in [0.4, 0.5) is 4.79 Å². The van der Waals surface area contributed by atoms with Crippen molar-refractivity contribution in [1.29, 1.82) is 0 Å². The van der Waals surface area contributed by atoms with E-state index in [1.54, 1.807) is 0 Å². The van der Waals surface area contributed by atoms with Gasteiger partial charge < -0.3 is 4.90 Å². The van der Waals surface area contributed by atoms with Crippen molar-refractivity contribution in [2.24, 2.45) is 0 Å². The SMILES string of the molecule is CSC(=O)N1C(C)CC1(C)C. The summed E-state index contributed by atoms with van der Waals surface area (Å²) in [4.78, 5) is 13.3. The standard InChI is InChI=1S/C8H15NOS/c1-6-5-8(2,3)9(6)7(10)11-4/h6H,5H2,1-4H3. The first-order valence-electron chi connectivity index (χ1n) is 3.86. The van der Waals surface area contributed by atoms with E-state index >= 15 is 0 Å². The Labute approximate surface area is 72.3 Å². The molecule has 0 bridgehead atoms. The molecular formula is C8H15NOS. The van der Waals surface area contributed by atoms with Crippen LogP contribution in [0.15, 0.2) is 0 Å². The van der Waals surface area contributed by atoms with E-state index in [0.29, 0.717) is 6.04 Å². The van der Waals surface area contributed by atoms with Gasteiger partial charge in [0.1, 0.15) is 0 Å². The van der Waals surface area contributed by atoms with Crippen LogP contribution in [-0.4, -0.2) is 28.0 Å². The van der Waals surface area contributed by atoms with Crippen LogP contribution in [0.1, 0.15) is 27.2 Å². The monoisotopic (exact) mass is 173 g/mol. The largest absolute Gasteiger partial charge is 0.326 e. The average Bonchev–Trinajstić information content (AvgIpc) is 1.85. The topological polar surface area (TPSA) is 20.3 Å². The van der Waals surface area contributed by atoms with Crippen LogP contribution in [0, 0.1) is 0 Å². The summed E-state index contributed by atoms with van der Waals surface area (Å²) in [7, 11) is 0. The van der Waals surface area contributed by atoms with Crippen molar-refractivity contribution in [2.45, 2.75) is 38.8 Å². The lowest BCUT2D eigenvalue weighted by Crippen LogP contribution is -2.62. The lowest BCUT2D eigenvalue weighted by molar-refractivity contribution is 0.0136. The summed E-state index contributed by atoms with van der Waals surface area (Å²) in [6.45, 7) is 6.32. The van der Waals surface area contributed by atoms with Gasteiger partial charge in [-0.3, -0.25) is 4.79 Å². The molecule has 1 amide bonds. The van der Waals surface area contributed by atoms with Crippen LogP contribution in [-0.2, 0) is 0 Å². The quantitative estimate of drug-likeness (QED) is 0.560. The summed E-state index contributed by atoms with van der Waals surface area (Å²) in [5, 5.41) is 0.203. The van der Waals surface area contributed by atoms with Gasteiger partial charge in [-0.1, -0.05) is 11.8 Å². The molecule has 1 aliphatic heterocycles. The van der Waals surface area contributed by atoms with Gasteiger partial charge in [-0.05, 0) is 33.4 Å². The highest BCUT2D eigenvalue weighted by molar-refractivity contribution is 8.12. The zero-order chi connectivity index (χ0) is 8.65. The molecule has 3 heteroatoms. The fourth-order valence-corrected chi connectivity index (χ4v) is 2.55. The van der Waals surface area contributed by atoms with E-state index in [1.807, 2.05) is 11.2 Å². The van der Waals surface area contributed by atoms with Gasteiger partial charge in [-0.15, -0.1) is 0 Å². The molecule has 1 rings (SSSR count). The van der Waals surface area contributed by atoms with Crippen molar-refractivity contribution in [1.82, 2.24) is 4.90 Å². The van der Waals surface area contributed by atoms with Crippen molar-refractivity contribution in [2.75, 3.05) is 6.26 Å². The van der Waals surface area contributed by atoms with Crippen LogP contribution >= 0.6 is 11.8 Å². The van der Waals surface area contributed by atoms with Gasteiger partial charge in [-0.2, -0.15) is 0 Å². The van der Waals surface area contributed by atoms with Crippen molar-refractivity contribution in [3.05, 3.63) is 0 Å². The normalized spacial score (nSPS) is 28.0. The molecule has 1 heterocycles. The summed E-state index contributed by atoms with van der Waals surface area (Å²) in [6, 6.07) is 0.435. The zero-order valence-corrected chi connectivity index (χ0v) is 8.36. The third-order valence-electron chi connectivity index (χ3n) is 2.26. The Morgan fingerprint density at radius 3 is 2.36 bits per heavy atom. The van der Waals surface area contributed by atoms with Crippen LogP contribution in [0.2, 0.25) is 0 Å². The third kappa shape index (κ3) is 1.39. The van der Waals surface area contributed by atoms with Gasteiger partial charge in [0.25, 0.3) is 5.24 Å². The number of hydrogen-bond acceptors (Lipinski definition) is 2. The molecule has 0 N–H and O–H groups in total. The smallest absolute Gasteiger partial charge is 0.282 e. The van der Waals surface area contributed by atoms with Gasteiger partial charge in [0, 0.05) is 11.6 Å². The molecule has 1 saturated heterocycles. The molecule has 0 spiro atoms. The molecule has 64 valence electrons. The molecule has 0 saturated carbocycles. The molecule has 2 nitrogen and oxygen atoms in total. The van der Waals surface area contributed by atoms with Crippen molar-refractivity contribution in [3.8, 4) is 0 Å². The molecular weight excluding hydrogens is 158 g/mol. The lowest BCUT2D eigenvalue weighted by atomic mass is 9.83. The van der Waals surface area contributed by atoms with Gasteiger partial charge in [-0.25, -0.2) is 0 Å². The maximum absolute atomic E-state index is 11.3. The van der Waals surface area contributed by atoms with Gasteiger partial charge in [0.2, 0.25) is 0 Å². The lowest BCUT2D eigenvalue weighted by Gasteiger charge is -2.53. The Morgan fingerprint density at radius 2 is 2.18 bits per heavy atom. The Hall–Kier alpha value is -0.180. The molecule has 11 heavy (non-hydrogen) atoms. The van der Waals surface area contributed by atoms with Crippen LogP contribution in [0.25, 0.3) is 0 Å². The minimum atomic E-state index is 0.0967. The summed E-state index contributed by atoms with van der Waals surface area (Å²) >= 11 is 1.30. The van der Waals surface area contributed by atoms with Crippen molar-refractivity contribution in [3.63, 3.8) is 0 Å². The molecule has 1 atom stereocenters. The number of thioether (sulfide) groups is 1. The van der Waals surface area contributed by atoms with E-state index < -0.39 is 0 Å². The summed E-state index contributed by atoms with van der Waals surface area (Å²) in [5.41, 5.74) is 0.0967.